The summed E-state index contributed by atoms with van der Waals surface area (Å²) in [5.74, 6) is 0. The van der Waals surface area contributed by atoms with Crippen LogP contribution in [0.2, 0.25) is 0 Å². The number of nitro benzene ring substituents is 1. The molecular weight excluding hydrogens is 416 g/mol. The van der Waals surface area contributed by atoms with E-state index in [1.165, 1.54) is 43.4 Å². The molecule has 0 saturated carbocycles. The minimum atomic E-state index is -0.606. The van der Waals surface area contributed by atoms with Crippen LogP contribution in [-0.2, 0) is 0 Å². The molecule has 0 aliphatic carbocycles. The van der Waals surface area contributed by atoms with Crippen molar-refractivity contribution in [3.8, 4) is 0 Å². The first kappa shape index (κ1) is 22.1. The Hall–Kier alpha value is -4.64. The van der Waals surface area contributed by atoms with Crippen LogP contribution in [0.4, 0.5) is 43.7 Å². The molecule has 0 atom stereocenters. The number of nitro groups is 1. The Kier molecular flexibility index (Phi) is 6.83. The van der Waals surface area contributed by atoms with Gasteiger partial charge < -0.3 is 31.5 Å². The first-order valence-corrected chi connectivity index (χ1v) is 9.31. The van der Waals surface area contributed by atoms with Gasteiger partial charge in [-0.2, -0.15) is 0 Å². The molecule has 3 aromatic carbocycles. The van der Waals surface area contributed by atoms with E-state index in [-0.39, 0.29) is 11.4 Å². The first-order chi connectivity index (χ1) is 15.3. The fraction of sp³-hybridized carbons (Fsp3) is 0.0476. The molecule has 0 radical (unpaired) electrons. The standard InChI is InChI=1S/C21H19N6O5/c1-26(30)18-9-3-7-16(12-18)24-20(28)22-14-5-2-6-15(11-14)23-21(29)25-17-8-4-10-19(13-17)27(31)32/h2-13H,1H3,(H2,22,24,28)(H2,23,25,29)/q-1. The van der Waals surface area contributed by atoms with Crippen molar-refractivity contribution in [2.75, 3.05) is 33.4 Å². The van der Waals surface area contributed by atoms with Crippen molar-refractivity contribution in [1.29, 1.82) is 0 Å². The van der Waals surface area contributed by atoms with Crippen LogP contribution in [-0.4, -0.2) is 24.0 Å². The van der Waals surface area contributed by atoms with Gasteiger partial charge in [0.2, 0.25) is 0 Å². The lowest BCUT2D eigenvalue weighted by Crippen LogP contribution is -2.21. The minimum Gasteiger partial charge on any atom is -0.758 e. The molecule has 32 heavy (non-hydrogen) atoms. The molecule has 0 unspecified atom stereocenters. The van der Waals surface area contributed by atoms with E-state index in [4.69, 9.17) is 0 Å². The molecule has 0 aliphatic rings. The van der Waals surface area contributed by atoms with Gasteiger partial charge in [0.1, 0.15) is 0 Å². The molecule has 0 aliphatic heterocycles. The summed E-state index contributed by atoms with van der Waals surface area (Å²) in [7, 11) is 1.35. The fourth-order valence-corrected chi connectivity index (χ4v) is 2.74. The fourth-order valence-electron chi connectivity index (χ4n) is 2.74. The number of non-ortho nitro benzene ring substituents is 1. The van der Waals surface area contributed by atoms with E-state index in [0.717, 1.165) is 0 Å². The third-order valence-electron chi connectivity index (χ3n) is 4.16. The predicted molar refractivity (Wildman–Crippen MR) is 123 cm³/mol. The molecule has 3 rings (SSSR count). The molecule has 164 valence electrons. The SMILES string of the molecule is CN([O-])c1cccc(NC(=O)Nc2cccc(NC(=O)Nc3cccc([N+](=O)[O-])c3)c2)c1. The van der Waals surface area contributed by atoms with Gasteiger partial charge in [0, 0.05) is 40.6 Å². The second-order valence-corrected chi connectivity index (χ2v) is 6.59. The molecule has 11 heteroatoms. The summed E-state index contributed by atoms with van der Waals surface area (Å²) in [6.07, 6.45) is 0. The molecule has 11 nitrogen and oxygen atoms in total. The van der Waals surface area contributed by atoms with Gasteiger partial charge in [-0.25, -0.2) is 9.59 Å². The Bertz CT molecular complexity index is 1150. The molecule has 0 bridgehead atoms. The summed E-state index contributed by atoms with van der Waals surface area (Å²) in [5.41, 5.74) is 1.74. The van der Waals surface area contributed by atoms with E-state index in [0.29, 0.717) is 27.8 Å². The number of hydrogen-bond donors (Lipinski definition) is 4. The van der Waals surface area contributed by atoms with Gasteiger partial charge in [-0.1, -0.05) is 18.2 Å². The highest BCUT2D eigenvalue weighted by Gasteiger charge is 2.09. The largest absolute Gasteiger partial charge is 0.758 e. The maximum absolute atomic E-state index is 12.3. The van der Waals surface area contributed by atoms with E-state index >= 15 is 0 Å². The summed E-state index contributed by atoms with van der Waals surface area (Å²) in [5, 5.41) is 33.3. The van der Waals surface area contributed by atoms with Crippen molar-refractivity contribution < 1.29 is 14.5 Å². The molecular formula is C21H19N6O5-. The van der Waals surface area contributed by atoms with Crippen LogP contribution in [0.3, 0.4) is 0 Å². The third-order valence-corrected chi connectivity index (χ3v) is 4.16. The highest BCUT2D eigenvalue weighted by Crippen LogP contribution is 2.20. The number of amides is 4. The summed E-state index contributed by atoms with van der Waals surface area (Å²) in [6, 6.07) is 17.2. The second-order valence-electron chi connectivity index (χ2n) is 6.59. The Morgan fingerprint density at radius 2 is 1.19 bits per heavy atom. The summed E-state index contributed by atoms with van der Waals surface area (Å²) in [4.78, 5) is 34.7. The van der Waals surface area contributed by atoms with Gasteiger partial charge in [0.15, 0.2) is 0 Å². The lowest BCUT2D eigenvalue weighted by Gasteiger charge is -2.25. The van der Waals surface area contributed by atoms with Gasteiger partial charge >= 0.3 is 12.1 Å². The average Bonchev–Trinajstić information content (AvgIpc) is 2.74. The number of anilines is 5. The third kappa shape index (κ3) is 6.18. The summed E-state index contributed by atoms with van der Waals surface area (Å²) in [6.45, 7) is 0. The normalized spacial score (nSPS) is 10.1. The summed E-state index contributed by atoms with van der Waals surface area (Å²) >= 11 is 0. The van der Waals surface area contributed by atoms with Crippen molar-refractivity contribution in [2.24, 2.45) is 0 Å². The zero-order valence-corrected chi connectivity index (χ0v) is 16.9. The second kappa shape index (κ2) is 9.91. The Balaban J connectivity index is 1.59. The van der Waals surface area contributed by atoms with Crippen LogP contribution >= 0.6 is 0 Å². The molecule has 0 saturated heterocycles. The van der Waals surface area contributed by atoms with Crippen molar-refractivity contribution in [2.45, 2.75) is 0 Å². The van der Waals surface area contributed by atoms with Crippen molar-refractivity contribution in [3.63, 3.8) is 0 Å². The van der Waals surface area contributed by atoms with Gasteiger partial charge in [-0.15, -0.1) is 0 Å². The van der Waals surface area contributed by atoms with Crippen LogP contribution in [0, 0.1) is 15.3 Å². The smallest absolute Gasteiger partial charge is 0.323 e. The number of rotatable bonds is 6. The van der Waals surface area contributed by atoms with Crippen LogP contribution in [0.15, 0.2) is 72.8 Å². The van der Waals surface area contributed by atoms with Gasteiger partial charge in [0.05, 0.1) is 4.92 Å². The Labute approximate surface area is 182 Å². The average molecular weight is 435 g/mol. The maximum atomic E-state index is 12.3. The minimum absolute atomic E-state index is 0.146. The number of nitrogens with zero attached hydrogens (tertiary/aromatic N) is 2. The van der Waals surface area contributed by atoms with E-state index < -0.39 is 17.0 Å². The summed E-state index contributed by atoms with van der Waals surface area (Å²) < 4.78 is 0. The molecule has 0 heterocycles. The maximum Gasteiger partial charge on any atom is 0.323 e. The number of hydroxylamine groups is 1. The predicted octanol–water partition coefficient (Wildman–Crippen LogP) is 4.82. The zero-order chi connectivity index (χ0) is 23.1. The van der Waals surface area contributed by atoms with Crippen LogP contribution < -0.4 is 26.3 Å². The van der Waals surface area contributed by atoms with Gasteiger partial charge in [-0.3, -0.25) is 10.1 Å². The monoisotopic (exact) mass is 435 g/mol. The number of carbonyl (C=O) groups is 2. The van der Waals surface area contributed by atoms with Crippen molar-refractivity contribution in [3.05, 3.63) is 88.1 Å². The Morgan fingerprint density at radius 3 is 1.69 bits per heavy atom. The number of carbonyl (C=O) groups excluding carboxylic acids is 2. The lowest BCUT2D eigenvalue weighted by molar-refractivity contribution is -0.384. The molecule has 0 aromatic heterocycles. The number of nitrogens with one attached hydrogen (secondary N) is 4. The van der Waals surface area contributed by atoms with Gasteiger partial charge in [-0.05, 0) is 49.5 Å². The molecule has 0 fully saturated rings. The highest BCUT2D eigenvalue weighted by atomic mass is 16.6. The Morgan fingerprint density at radius 1 is 0.750 bits per heavy atom. The first-order valence-electron chi connectivity index (χ1n) is 9.31. The molecule has 4 N–H and O–H groups in total. The van der Waals surface area contributed by atoms with E-state index in [1.807, 2.05) is 0 Å². The quantitative estimate of drug-likeness (QED) is 0.322. The van der Waals surface area contributed by atoms with Gasteiger partial charge in [0.25, 0.3) is 5.69 Å². The van der Waals surface area contributed by atoms with Crippen LogP contribution in [0.1, 0.15) is 0 Å². The van der Waals surface area contributed by atoms with E-state index in [1.54, 1.807) is 36.4 Å². The highest BCUT2D eigenvalue weighted by molar-refractivity contribution is 6.02. The van der Waals surface area contributed by atoms with Crippen LogP contribution in [0.25, 0.3) is 0 Å². The number of urea groups is 2. The van der Waals surface area contributed by atoms with E-state index in [9.17, 15) is 24.9 Å². The van der Waals surface area contributed by atoms with Crippen molar-refractivity contribution in [1.82, 2.24) is 0 Å². The lowest BCUT2D eigenvalue weighted by atomic mass is 10.2. The number of benzene rings is 3. The molecule has 0 spiro atoms. The number of hydrogen-bond acceptors (Lipinski definition) is 6. The molecule has 4 amide bonds. The zero-order valence-electron chi connectivity index (χ0n) is 16.9. The topological polar surface area (TPSA) is 152 Å². The van der Waals surface area contributed by atoms with E-state index in [2.05, 4.69) is 21.3 Å². The van der Waals surface area contributed by atoms with Crippen LogP contribution in [0.5, 0.6) is 0 Å². The molecule has 3 aromatic rings. The van der Waals surface area contributed by atoms with Crippen molar-refractivity contribution >= 4 is 46.2 Å².